The summed E-state index contributed by atoms with van der Waals surface area (Å²) in [6.45, 7) is -0.0901. The lowest BCUT2D eigenvalue weighted by Gasteiger charge is -2.10. The van der Waals surface area contributed by atoms with Gasteiger partial charge in [0.2, 0.25) is 0 Å². The summed E-state index contributed by atoms with van der Waals surface area (Å²) in [5, 5.41) is 17.8. The predicted octanol–water partition coefficient (Wildman–Crippen LogP) is 2.33. The molecule has 2 amide bonds. The monoisotopic (exact) mass is 342 g/mol. The summed E-state index contributed by atoms with van der Waals surface area (Å²) in [4.78, 5) is 23.3. The van der Waals surface area contributed by atoms with E-state index in [2.05, 4.69) is 10.6 Å². The lowest BCUT2D eigenvalue weighted by atomic mass is 10.2. The molecule has 5 nitrogen and oxygen atoms in total. The summed E-state index contributed by atoms with van der Waals surface area (Å²) < 4.78 is 13.0. The number of carbonyl (C=O) groups excluding carboxylic acids is 2. The van der Waals surface area contributed by atoms with Crippen molar-refractivity contribution < 1.29 is 19.1 Å². The van der Waals surface area contributed by atoms with Crippen LogP contribution in [0, 0.1) is 5.82 Å². The van der Waals surface area contributed by atoms with E-state index in [0.29, 0.717) is 5.56 Å². The molecule has 0 aliphatic rings. The van der Waals surface area contributed by atoms with E-state index in [1.54, 1.807) is 16.8 Å². The number of aliphatic hydroxyl groups excluding tert-OH is 1. The Morgan fingerprint density at radius 1 is 1.32 bits per heavy atom. The molecular formula is C14H12ClFN2O3S. The molecule has 0 saturated carbocycles. The third-order valence-electron chi connectivity index (χ3n) is 2.77. The first-order valence-electron chi connectivity index (χ1n) is 6.22. The predicted molar refractivity (Wildman–Crippen MR) is 82.3 cm³/mol. The summed E-state index contributed by atoms with van der Waals surface area (Å²) in [7, 11) is 0. The van der Waals surface area contributed by atoms with Gasteiger partial charge in [-0.3, -0.25) is 9.59 Å². The summed E-state index contributed by atoms with van der Waals surface area (Å²) in [5.74, 6) is -2.46. The van der Waals surface area contributed by atoms with Crippen LogP contribution in [0.25, 0.3) is 0 Å². The Kier molecular flexibility index (Phi) is 5.48. The van der Waals surface area contributed by atoms with Gasteiger partial charge < -0.3 is 15.7 Å². The highest BCUT2D eigenvalue weighted by Crippen LogP contribution is 2.19. The van der Waals surface area contributed by atoms with Crippen molar-refractivity contribution in [3.05, 3.63) is 51.4 Å². The van der Waals surface area contributed by atoms with E-state index < -0.39 is 23.7 Å². The van der Waals surface area contributed by atoms with Gasteiger partial charge >= 0.3 is 11.8 Å². The van der Waals surface area contributed by atoms with E-state index in [1.165, 1.54) is 23.5 Å². The second kappa shape index (κ2) is 7.35. The number of hydrogen-bond donors (Lipinski definition) is 3. The summed E-state index contributed by atoms with van der Waals surface area (Å²) >= 11 is 7.00. The second-order valence-corrected chi connectivity index (χ2v) is 5.55. The fraction of sp³-hybridized carbons (Fsp3) is 0.143. The zero-order valence-electron chi connectivity index (χ0n) is 11.2. The van der Waals surface area contributed by atoms with Crippen molar-refractivity contribution in [2.45, 2.75) is 6.10 Å². The topological polar surface area (TPSA) is 78.4 Å². The fourth-order valence-corrected chi connectivity index (χ4v) is 2.50. The number of hydrogen-bond acceptors (Lipinski definition) is 4. The standard InChI is InChI=1S/C14H12ClFN2O3S/c15-10-5-9(1-2-11(10)16)18-14(21)13(20)17-6-12(19)8-3-4-22-7-8/h1-5,7,12,19H,6H2,(H,17,20)(H,18,21)/t12-/m1/s1. The lowest BCUT2D eigenvalue weighted by Crippen LogP contribution is -2.37. The normalized spacial score (nSPS) is 11.8. The number of amides is 2. The molecule has 0 aliphatic carbocycles. The highest BCUT2D eigenvalue weighted by atomic mass is 35.5. The molecule has 2 aromatic rings. The Morgan fingerprint density at radius 2 is 2.09 bits per heavy atom. The van der Waals surface area contributed by atoms with Gasteiger partial charge in [0.1, 0.15) is 5.82 Å². The number of nitrogens with one attached hydrogen (secondary N) is 2. The van der Waals surface area contributed by atoms with Crippen LogP contribution in [0.5, 0.6) is 0 Å². The average molecular weight is 343 g/mol. The summed E-state index contributed by atoms with van der Waals surface area (Å²) in [6, 6.07) is 5.28. The summed E-state index contributed by atoms with van der Waals surface area (Å²) in [6.07, 6.45) is -0.886. The maximum absolute atomic E-state index is 13.0. The van der Waals surface area contributed by atoms with Gasteiger partial charge in [-0.15, -0.1) is 0 Å². The molecule has 0 fully saturated rings. The Morgan fingerprint density at radius 3 is 2.73 bits per heavy atom. The van der Waals surface area contributed by atoms with E-state index in [1.807, 2.05) is 0 Å². The molecule has 22 heavy (non-hydrogen) atoms. The van der Waals surface area contributed by atoms with Gasteiger partial charge in [0.05, 0.1) is 11.1 Å². The second-order valence-electron chi connectivity index (χ2n) is 4.37. The number of halogens is 2. The van der Waals surface area contributed by atoms with Crippen molar-refractivity contribution in [3.63, 3.8) is 0 Å². The molecular weight excluding hydrogens is 331 g/mol. The van der Waals surface area contributed by atoms with Crippen molar-refractivity contribution in [3.8, 4) is 0 Å². The zero-order valence-corrected chi connectivity index (χ0v) is 12.7. The molecule has 1 aromatic carbocycles. The molecule has 0 radical (unpaired) electrons. The van der Waals surface area contributed by atoms with Crippen LogP contribution in [0.1, 0.15) is 11.7 Å². The largest absolute Gasteiger partial charge is 0.387 e. The molecule has 1 heterocycles. The number of aliphatic hydroxyl groups is 1. The van der Waals surface area contributed by atoms with Crippen molar-refractivity contribution in [1.82, 2.24) is 5.32 Å². The first kappa shape index (κ1) is 16.4. The number of carbonyl (C=O) groups is 2. The van der Waals surface area contributed by atoms with E-state index in [0.717, 1.165) is 6.07 Å². The molecule has 0 spiro atoms. The first-order chi connectivity index (χ1) is 10.5. The van der Waals surface area contributed by atoms with E-state index >= 15 is 0 Å². The highest BCUT2D eigenvalue weighted by Gasteiger charge is 2.16. The molecule has 116 valence electrons. The Labute approximate surface area is 134 Å². The number of thiophene rings is 1. The molecule has 0 aliphatic heterocycles. The van der Waals surface area contributed by atoms with Gasteiger partial charge in [-0.05, 0) is 40.6 Å². The van der Waals surface area contributed by atoms with Gasteiger partial charge in [0.15, 0.2) is 0 Å². The van der Waals surface area contributed by atoms with Crippen molar-refractivity contribution in [2.75, 3.05) is 11.9 Å². The Balaban J connectivity index is 1.86. The van der Waals surface area contributed by atoms with Crippen LogP contribution in [0.2, 0.25) is 5.02 Å². The molecule has 0 saturated heterocycles. The highest BCUT2D eigenvalue weighted by molar-refractivity contribution is 7.07. The van der Waals surface area contributed by atoms with Gasteiger partial charge in [-0.25, -0.2) is 4.39 Å². The van der Waals surface area contributed by atoms with Gasteiger partial charge in [0, 0.05) is 12.2 Å². The van der Waals surface area contributed by atoms with Crippen LogP contribution in [0.4, 0.5) is 10.1 Å². The molecule has 3 N–H and O–H groups in total. The van der Waals surface area contributed by atoms with Crippen molar-refractivity contribution in [1.29, 1.82) is 0 Å². The maximum atomic E-state index is 13.0. The van der Waals surface area contributed by atoms with Crippen molar-refractivity contribution >= 4 is 40.4 Å². The van der Waals surface area contributed by atoms with Gasteiger partial charge in [-0.2, -0.15) is 11.3 Å². The SMILES string of the molecule is O=C(NC[C@@H](O)c1ccsc1)C(=O)Nc1ccc(F)c(Cl)c1. The molecule has 1 aromatic heterocycles. The van der Waals surface area contributed by atoms with Crippen LogP contribution in [0.3, 0.4) is 0 Å². The molecule has 8 heteroatoms. The first-order valence-corrected chi connectivity index (χ1v) is 7.54. The molecule has 0 bridgehead atoms. The van der Waals surface area contributed by atoms with E-state index in [-0.39, 0.29) is 17.3 Å². The van der Waals surface area contributed by atoms with Gasteiger partial charge in [-0.1, -0.05) is 11.6 Å². The minimum Gasteiger partial charge on any atom is -0.387 e. The molecule has 0 unspecified atom stereocenters. The fourth-order valence-electron chi connectivity index (χ4n) is 1.61. The zero-order chi connectivity index (χ0) is 16.1. The third-order valence-corrected chi connectivity index (χ3v) is 3.76. The maximum Gasteiger partial charge on any atom is 0.313 e. The Hall–Kier alpha value is -1.96. The number of benzene rings is 1. The van der Waals surface area contributed by atoms with E-state index in [4.69, 9.17) is 11.6 Å². The minimum atomic E-state index is -0.930. The number of anilines is 1. The smallest absolute Gasteiger partial charge is 0.313 e. The van der Waals surface area contributed by atoms with Crippen LogP contribution >= 0.6 is 22.9 Å². The van der Waals surface area contributed by atoms with Crippen LogP contribution in [-0.4, -0.2) is 23.5 Å². The lowest BCUT2D eigenvalue weighted by molar-refractivity contribution is -0.136. The Bertz CT molecular complexity index is 679. The average Bonchev–Trinajstić information content (AvgIpc) is 3.02. The van der Waals surface area contributed by atoms with Crippen molar-refractivity contribution in [2.24, 2.45) is 0 Å². The van der Waals surface area contributed by atoms with E-state index in [9.17, 15) is 19.1 Å². The number of rotatable bonds is 4. The van der Waals surface area contributed by atoms with Crippen LogP contribution in [0.15, 0.2) is 35.0 Å². The molecule has 1 atom stereocenters. The van der Waals surface area contributed by atoms with Crippen LogP contribution in [-0.2, 0) is 9.59 Å². The quantitative estimate of drug-likeness (QED) is 0.746. The van der Waals surface area contributed by atoms with Crippen LogP contribution < -0.4 is 10.6 Å². The van der Waals surface area contributed by atoms with Gasteiger partial charge in [0.25, 0.3) is 0 Å². The molecule has 2 rings (SSSR count). The third kappa shape index (κ3) is 4.27. The minimum absolute atomic E-state index is 0.0901. The summed E-state index contributed by atoms with van der Waals surface area (Å²) in [5.41, 5.74) is 0.862.